The molecule has 1 atom stereocenters. The van der Waals surface area contributed by atoms with Crippen molar-refractivity contribution in [3.8, 4) is 5.88 Å². The Morgan fingerprint density at radius 1 is 1.09 bits per heavy atom. The number of pyridine rings is 1. The lowest BCUT2D eigenvalue weighted by Crippen LogP contribution is -2.37. The molecule has 4 rings (SSSR count). The summed E-state index contributed by atoms with van der Waals surface area (Å²) in [6.45, 7) is 3.09. The van der Waals surface area contributed by atoms with Crippen LogP contribution in [0.4, 0.5) is 13.2 Å². The summed E-state index contributed by atoms with van der Waals surface area (Å²) in [6, 6.07) is 9.63. The minimum Gasteiger partial charge on any atom is -0.477 e. The molecule has 1 N–H and O–H groups in total. The van der Waals surface area contributed by atoms with Gasteiger partial charge in [0.1, 0.15) is 6.04 Å². The number of piperidine rings is 1. The first-order chi connectivity index (χ1) is 16.1. The predicted octanol–water partition coefficient (Wildman–Crippen LogP) is 4.40. The highest BCUT2D eigenvalue weighted by Gasteiger charge is 2.42. The van der Waals surface area contributed by atoms with E-state index in [1.807, 2.05) is 18.2 Å². The standard InChI is InChI=1S/C24H30F3N3O3S/c1-34(31,32)29-23(24(25,26)27)20-9-7-17(8-10-20)15-30-13-11-19(12-14-30)21-3-2-4-22(28-21)33-16-18-5-6-18/h2-4,7-10,18-19,23,29H,5-6,11-16H2,1H3/t23-/m0/s1. The molecule has 0 amide bonds. The lowest BCUT2D eigenvalue weighted by Gasteiger charge is -2.32. The molecule has 2 aliphatic rings. The number of halogens is 3. The van der Waals surface area contributed by atoms with E-state index in [0.29, 0.717) is 24.3 Å². The maximum Gasteiger partial charge on any atom is 0.408 e. The largest absolute Gasteiger partial charge is 0.477 e. The number of likely N-dealkylation sites (tertiary alicyclic amines) is 1. The zero-order valence-corrected chi connectivity index (χ0v) is 19.9. The zero-order chi connectivity index (χ0) is 24.3. The molecule has 34 heavy (non-hydrogen) atoms. The second-order valence-electron chi connectivity index (χ2n) is 9.31. The van der Waals surface area contributed by atoms with Gasteiger partial charge in [0.2, 0.25) is 15.9 Å². The first-order valence-electron chi connectivity index (χ1n) is 11.5. The predicted molar refractivity (Wildman–Crippen MR) is 123 cm³/mol. The minimum absolute atomic E-state index is 0.129. The fourth-order valence-corrected chi connectivity index (χ4v) is 4.92. The van der Waals surface area contributed by atoms with E-state index in [4.69, 9.17) is 9.72 Å². The third-order valence-corrected chi connectivity index (χ3v) is 6.96. The molecular formula is C24H30F3N3O3S. The SMILES string of the molecule is CS(=O)(=O)N[C@@H](c1ccc(CN2CCC(c3cccc(OCC4CC4)n3)CC2)cc1)C(F)(F)F. The van der Waals surface area contributed by atoms with Crippen LogP contribution in [0.15, 0.2) is 42.5 Å². The van der Waals surface area contributed by atoms with Gasteiger partial charge in [-0.1, -0.05) is 30.3 Å². The molecular weight excluding hydrogens is 467 g/mol. The lowest BCUT2D eigenvalue weighted by atomic mass is 9.92. The number of alkyl halides is 3. The van der Waals surface area contributed by atoms with E-state index >= 15 is 0 Å². The summed E-state index contributed by atoms with van der Waals surface area (Å²) in [5.74, 6) is 1.73. The van der Waals surface area contributed by atoms with Crippen molar-refractivity contribution >= 4 is 10.0 Å². The molecule has 1 aromatic carbocycles. The molecule has 1 saturated heterocycles. The quantitative estimate of drug-likeness (QED) is 0.556. The Labute approximate surface area is 198 Å². The molecule has 1 aromatic heterocycles. The average molecular weight is 498 g/mol. The van der Waals surface area contributed by atoms with Gasteiger partial charge in [-0.05, 0) is 61.9 Å². The Hall–Kier alpha value is -2.17. The van der Waals surface area contributed by atoms with Gasteiger partial charge in [-0.25, -0.2) is 13.4 Å². The summed E-state index contributed by atoms with van der Waals surface area (Å²) in [5, 5.41) is 0. The second-order valence-corrected chi connectivity index (χ2v) is 11.1. The summed E-state index contributed by atoms with van der Waals surface area (Å²) in [4.78, 5) is 6.97. The highest BCUT2D eigenvalue weighted by atomic mass is 32.2. The van der Waals surface area contributed by atoms with E-state index in [-0.39, 0.29) is 5.56 Å². The molecule has 0 spiro atoms. The third kappa shape index (κ3) is 7.16. The van der Waals surface area contributed by atoms with E-state index in [1.165, 1.54) is 25.0 Å². The molecule has 6 nitrogen and oxygen atoms in total. The van der Waals surface area contributed by atoms with Crippen molar-refractivity contribution in [3.63, 3.8) is 0 Å². The van der Waals surface area contributed by atoms with Crippen LogP contribution in [-0.2, 0) is 16.6 Å². The summed E-state index contributed by atoms with van der Waals surface area (Å²) >= 11 is 0. The Kier molecular flexibility index (Phi) is 7.49. The Morgan fingerprint density at radius 2 is 1.76 bits per heavy atom. The number of nitrogens with zero attached hydrogens (tertiary/aromatic N) is 2. The molecule has 2 fully saturated rings. The molecule has 1 aliphatic heterocycles. The van der Waals surface area contributed by atoms with Crippen LogP contribution in [0.2, 0.25) is 0 Å². The first-order valence-corrected chi connectivity index (χ1v) is 13.4. The highest BCUT2D eigenvalue weighted by Crippen LogP contribution is 2.34. The third-order valence-electron chi connectivity index (χ3n) is 6.29. The van der Waals surface area contributed by atoms with Crippen LogP contribution in [0.5, 0.6) is 5.88 Å². The Balaban J connectivity index is 1.31. The number of sulfonamides is 1. The van der Waals surface area contributed by atoms with E-state index in [2.05, 4.69) is 4.90 Å². The van der Waals surface area contributed by atoms with Crippen molar-refractivity contribution in [3.05, 3.63) is 59.3 Å². The lowest BCUT2D eigenvalue weighted by molar-refractivity contribution is -0.153. The molecule has 0 unspecified atom stereocenters. The van der Waals surface area contributed by atoms with Crippen molar-refractivity contribution < 1.29 is 26.3 Å². The Bertz CT molecular complexity index is 1060. The summed E-state index contributed by atoms with van der Waals surface area (Å²) in [7, 11) is -4.01. The summed E-state index contributed by atoms with van der Waals surface area (Å²) < 4.78 is 70.3. The van der Waals surface area contributed by atoms with Crippen molar-refractivity contribution in [1.29, 1.82) is 0 Å². The van der Waals surface area contributed by atoms with Crippen molar-refractivity contribution in [2.24, 2.45) is 5.92 Å². The fourth-order valence-electron chi connectivity index (χ4n) is 4.22. The number of hydrogen-bond donors (Lipinski definition) is 1. The molecule has 1 aliphatic carbocycles. The maximum absolute atomic E-state index is 13.3. The average Bonchev–Trinajstić information content (AvgIpc) is 3.61. The smallest absolute Gasteiger partial charge is 0.408 e. The molecule has 10 heteroatoms. The van der Waals surface area contributed by atoms with Gasteiger partial charge in [0.05, 0.1) is 12.9 Å². The van der Waals surface area contributed by atoms with Crippen molar-refractivity contribution in [1.82, 2.24) is 14.6 Å². The van der Waals surface area contributed by atoms with E-state index < -0.39 is 22.2 Å². The van der Waals surface area contributed by atoms with Gasteiger partial charge in [-0.2, -0.15) is 17.9 Å². The second kappa shape index (κ2) is 10.2. The number of hydrogen-bond acceptors (Lipinski definition) is 5. The number of nitrogens with one attached hydrogen (secondary N) is 1. The summed E-state index contributed by atoms with van der Waals surface area (Å²) in [6.07, 6.45) is 0.372. The number of rotatable bonds is 9. The monoisotopic (exact) mass is 497 g/mol. The topological polar surface area (TPSA) is 71.5 Å². The number of benzene rings is 1. The Morgan fingerprint density at radius 3 is 2.35 bits per heavy atom. The van der Waals surface area contributed by atoms with Gasteiger partial charge in [0.25, 0.3) is 0 Å². The van der Waals surface area contributed by atoms with E-state index in [1.54, 1.807) is 16.9 Å². The minimum atomic E-state index is -4.72. The zero-order valence-electron chi connectivity index (χ0n) is 19.1. The van der Waals surface area contributed by atoms with Crippen LogP contribution in [0.3, 0.4) is 0 Å². The maximum atomic E-state index is 13.3. The number of aromatic nitrogens is 1. The van der Waals surface area contributed by atoms with Crippen LogP contribution in [0.25, 0.3) is 0 Å². The van der Waals surface area contributed by atoms with Crippen LogP contribution in [0.1, 0.15) is 54.5 Å². The van der Waals surface area contributed by atoms with Crippen LogP contribution in [-0.4, -0.2) is 50.4 Å². The van der Waals surface area contributed by atoms with Gasteiger partial charge in [0, 0.05) is 24.2 Å². The van der Waals surface area contributed by atoms with Crippen molar-refractivity contribution in [2.45, 2.75) is 50.4 Å². The summed E-state index contributed by atoms with van der Waals surface area (Å²) in [5.41, 5.74) is 1.81. The highest BCUT2D eigenvalue weighted by molar-refractivity contribution is 7.88. The van der Waals surface area contributed by atoms with Gasteiger partial charge in [-0.3, -0.25) is 4.90 Å². The van der Waals surface area contributed by atoms with Gasteiger partial charge >= 0.3 is 6.18 Å². The van der Waals surface area contributed by atoms with Gasteiger partial charge in [0.15, 0.2) is 0 Å². The molecule has 186 valence electrons. The molecule has 0 bridgehead atoms. The van der Waals surface area contributed by atoms with Gasteiger partial charge < -0.3 is 4.74 Å². The number of ether oxygens (including phenoxy) is 1. The molecule has 2 heterocycles. The normalized spacial score (nSPS) is 19.2. The van der Waals surface area contributed by atoms with Crippen LogP contribution < -0.4 is 9.46 Å². The van der Waals surface area contributed by atoms with E-state index in [9.17, 15) is 21.6 Å². The van der Waals surface area contributed by atoms with E-state index in [0.717, 1.165) is 50.1 Å². The molecule has 2 aromatic rings. The molecule has 1 saturated carbocycles. The first kappa shape index (κ1) is 24.9. The fraction of sp³-hybridized carbons (Fsp3) is 0.542. The van der Waals surface area contributed by atoms with Gasteiger partial charge in [-0.15, -0.1) is 0 Å². The van der Waals surface area contributed by atoms with Crippen LogP contribution >= 0.6 is 0 Å². The molecule has 0 radical (unpaired) electrons. The van der Waals surface area contributed by atoms with Crippen LogP contribution in [0, 0.1) is 5.92 Å². The van der Waals surface area contributed by atoms with Crippen molar-refractivity contribution in [2.75, 3.05) is 26.0 Å².